The minimum atomic E-state index is -0.415. The van der Waals surface area contributed by atoms with Crippen molar-refractivity contribution in [1.29, 1.82) is 0 Å². The second kappa shape index (κ2) is 3.13. The first-order valence-corrected chi connectivity index (χ1v) is 6.36. The molecule has 2 fully saturated rings. The zero-order chi connectivity index (χ0) is 12.4. The molecule has 2 aromatic heterocycles. The summed E-state index contributed by atoms with van der Waals surface area (Å²) in [5.74, 6) is 2.83. The first-order chi connectivity index (χ1) is 8.66. The van der Waals surface area contributed by atoms with E-state index in [0.29, 0.717) is 17.1 Å². The molecule has 0 spiro atoms. The third-order valence-corrected chi connectivity index (χ3v) is 4.50. The van der Waals surface area contributed by atoms with Crippen LogP contribution in [0.1, 0.15) is 31.0 Å². The predicted octanol–water partition coefficient (Wildman–Crippen LogP) is 0.463. The zero-order valence-electron chi connectivity index (χ0n) is 10.1. The van der Waals surface area contributed by atoms with Gasteiger partial charge >= 0.3 is 5.69 Å². The highest BCUT2D eigenvalue weighted by Crippen LogP contribution is 2.62. The lowest BCUT2D eigenvalue weighted by Crippen LogP contribution is -2.28. The number of nitrogens with zero attached hydrogens (tertiary/aromatic N) is 2. The molecule has 0 amide bonds. The van der Waals surface area contributed by atoms with Crippen LogP contribution in [0.2, 0.25) is 0 Å². The molecule has 0 saturated heterocycles. The average Bonchev–Trinajstić information content (AvgIpc) is 2.78. The van der Waals surface area contributed by atoms with Gasteiger partial charge in [-0.15, -0.1) is 0 Å². The summed E-state index contributed by atoms with van der Waals surface area (Å²) in [5.41, 5.74) is 0.0833. The van der Waals surface area contributed by atoms with Gasteiger partial charge in [0.1, 0.15) is 11.3 Å². The lowest BCUT2D eigenvalue weighted by atomic mass is 10.1. The van der Waals surface area contributed by atoms with Crippen LogP contribution in [0.25, 0.3) is 11.2 Å². The Kier molecular flexibility index (Phi) is 1.76. The van der Waals surface area contributed by atoms with Gasteiger partial charge in [-0.3, -0.25) is 14.3 Å². The Balaban J connectivity index is 1.90. The Morgan fingerprint density at radius 3 is 2.67 bits per heavy atom. The van der Waals surface area contributed by atoms with Gasteiger partial charge in [0.05, 0.1) is 0 Å². The van der Waals surface area contributed by atoms with Crippen LogP contribution < -0.4 is 11.2 Å². The number of aryl methyl sites for hydroxylation is 1. The summed E-state index contributed by atoms with van der Waals surface area (Å²) in [6, 6.07) is 0. The number of hydrogen-bond donors (Lipinski definition) is 2. The predicted molar refractivity (Wildman–Crippen MR) is 65.5 cm³/mol. The van der Waals surface area contributed by atoms with Crippen molar-refractivity contribution >= 4 is 11.2 Å². The van der Waals surface area contributed by atoms with Crippen molar-refractivity contribution in [3.63, 3.8) is 0 Å². The molecule has 2 N–H and O–H groups in total. The third kappa shape index (κ3) is 1.15. The Morgan fingerprint density at radius 2 is 1.94 bits per heavy atom. The molecule has 2 atom stereocenters. The highest BCUT2D eigenvalue weighted by atomic mass is 16.2. The quantitative estimate of drug-likeness (QED) is 0.767. The maximum atomic E-state index is 11.7. The monoisotopic (exact) mass is 246 g/mol. The number of H-pyrrole nitrogens is 2. The van der Waals surface area contributed by atoms with Crippen LogP contribution in [0.3, 0.4) is 0 Å². The molecule has 18 heavy (non-hydrogen) atoms. The van der Waals surface area contributed by atoms with E-state index in [0.717, 1.165) is 17.7 Å². The normalized spacial score (nSPS) is 29.7. The zero-order valence-corrected chi connectivity index (χ0v) is 10.1. The number of rotatable bonds is 1. The van der Waals surface area contributed by atoms with Gasteiger partial charge in [0.25, 0.3) is 5.56 Å². The number of aromatic nitrogens is 4. The molecule has 2 aliphatic carbocycles. The first-order valence-electron chi connectivity index (χ1n) is 6.36. The highest BCUT2D eigenvalue weighted by molar-refractivity contribution is 5.69. The van der Waals surface area contributed by atoms with Gasteiger partial charge in [-0.2, -0.15) is 0 Å². The average molecular weight is 246 g/mol. The fourth-order valence-electron chi connectivity index (χ4n) is 3.51. The minimum Gasteiger partial charge on any atom is -0.336 e. The fraction of sp³-hybridized carbons (Fsp3) is 0.583. The molecule has 2 saturated carbocycles. The van der Waals surface area contributed by atoms with Gasteiger partial charge in [-0.1, -0.05) is 6.42 Å². The molecule has 0 bridgehead atoms. The van der Waals surface area contributed by atoms with Crippen molar-refractivity contribution in [1.82, 2.24) is 19.5 Å². The summed E-state index contributed by atoms with van der Waals surface area (Å²) in [6.45, 7) is 0. The number of aromatic amines is 2. The van der Waals surface area contributed by atoms with Crippen LogP contribution in [0.4, 0.5) is 0 Å². The van der Waals surface area contributed by atoms with Gasteiger partial charge in [0.15, 0.2) is 5.65 Å². The Labute approximate surface area is 102 Å². The van der Waals surface area contributed by atoms with Gasteiger partial charge < -0.3 is 4.98 Å². The summed E-state index contributed by atoms with van der Waals surface area (Å²) in [7, 11) is 1.62. The summed E-state index contributed by atoms with van der Waals surface area (Å²) in [4.78, 5) is 33.1. The van der Waals surface area contributed by atoms with Crippen molar-refractivity contribution < 1.29 is 0 Å². The van der Waals surface area contributed by atoms with Crippen LogP contribution in [0.5, 0.6) is 0 Å². The maximum Gasteiger partial charge on any atom is 0.329 e. The summed E-state index contributed by atoms with van der Waals surface area (Å²) >= 11 is 0. The molecule has 0 aliphatic heterocycles. The number of fused-ring (bicyclic) bond motifs is 2. The Bertz CT molecular complexity index is 744. The van der Waals surface area contributed by atoms with Gasteiger partial charge in [-0.05, 0) is 24.7 Å². The van der Waals surface area contributed by atoms with E-state index in [1.54, 1.807) is 7.05 Å². The van der Waals surface area contributed by atoms with Gasteiger partial charge in [0.2, 0.25) is 0 Å². The Morgan fingerprint density at radius 1 is 1.22 bits per heavy atom. The van der Waals surface area contributed by atoms with E-state index in [1.165, 1.54) is 23.8 Å². The maximum absolute atomic E-state index is 11.7. The number of hydrogen-bond acceptors (Lipinski definition) is 3. The number of nitrogens with one attached hydrogen (secondary N) is 2. The second-order valence-corrected chi connectivity index (χ2v) is 5.42. The topological polar surface area (TPSA) is 83.5 Å². The molecule has 2 aliphatic rings. The van der Waals surface area contributed by atoms with Crippen LogP contribution in [0.15, 0.2) is 9.59 Å². The van der Waals surface area contributed by atoms with Crippen molar-refractivity contribution in [3.8, 4) is 0 Å². The summed E-state index contributed by atoms with van der Waals surface area (Å²) < 4.78 is 1.38. The lowest BCUT2D eigenvalue weighted by Gasteiger charge is -1.97. The molecule has 6 nitrogen and oxygen atoms in total. The minimum absolute atomic E-state index is 0.377. The summed E-state index contributed by atoms with van der Waals surface area (Å²) in [5, 5.41) is 0. The first kappa shape index (κ1) is 10.1. The SMILES string of the molecule is Cn1c(=O)[nH]c(=O)c2[nH]c(C3C4CCCC43)nc21. The standard InChI is InChI=1S/C12H14N4O2/c1-16-10-8(11(17)15-12(16)18)13-9(14-10)7-5-3-2-4-6(5)7/h5-7H,2-4H2,1H3,(H,13,14)(H,15,17,18). The molecular weight excluding hydrogens is 232 g/mol. The van der Waals surface area contributed by atoms with Crippen LogP contribution >= 0.6 is 0 Å². The number of imidazole rings is 1. The third-order valence-electron chi connectivity index (χ3n) is 4.50. The van der Waals surface area contributed by atoms with Crippen molar-refractivity contribution in [2.75, 3.05) is 0 Å². The van der Waals surface area contributed by atoms with E-state index >= 15 is 0 Å². The van der Waals surface area contributed by atoms with Crippen molar-refractivity contribution in [3.05, 3.63) is 26.7 Å². The van der Waals surface area contributed by atoms with E-state index in [9.17, 15) is 9.59 Å². The largest absolute Gasteiger partial charge is 0.336 e. The smallest absolute Gasteiger partial charge is 0.329 e. The van der Waals surface area contributed by atoms with Crippen LogP contribution in [-0.4, -0.2) is 19.5 Å². The van der Waals surface area contributed by atoms with Crippen molar-refractivity contribution in [2.24, 2.45) is 18.9 Å². The van der Waals surface area contributed by atoms with E-state index in [2.05, 4.69) is 15.0 Å². The van der Waals surface area contributed by atoms with Crippen molar-refractivity contribution in [2.45, 2.75) is 25.2 Å². The van der Waals surface area contributed by atoms with E-state index in [-0.39, 0.29) is 5.56 Å². The molecule has 2 unspecified atom stereocenters. The van der Waals surface area contributed by atoms with E-state index in [4.69, 9.17) is 0 Å². The summed E-state index contributed by atoms with van der Waals surface area (Å²) in [6.07, 6.45) is 3.84. The molecule has 4 rings (SSSR count). The highest BCUT2D eigenvalue weighted by Gasteiger charge is 2.54. The molecule has 94 valence electrons. The van der Waals surface area contributed by atoms with E-state index < -0.39 is 5.69 Å². The van der Waals surface area contributed by atoms with Gasteiger partial charge in [0, 0.05) is 13.0 Å². The van der Waals surface area contributed by atoms with Crippen LogP contribution in [0, 0.1) is 11.8 Å². The fourth-order valence-corrected chi connectivity index (χ4v) is 3.51. The van der Waals surface area contributed by atoms with E-state index in [1.807, 2.05) is 0 Å². The molecule has 6 heteroatoms. The Hall–Kier alpha value is -1.85. The molecule has 0 radical (unpaired) electrons. The lowest BCUT2D eigenvalue weighted by molar-refractivity contribution is 0.663. The molecule has 2 aromatic rings. The van der Waals surface area contributed by atoms with Gasteiger partial charge in [-0.25, -0.2) is 9.78 Å². The van der Waals surface area contributed by atoms with Crippen LogP contribution in [-0.2, 0) is 7.05 Å². The molecular formula is C12H14N4O2. The molecule has 2 heterocycles. The second-order valence-electron chi connectivity index (χ2n) is 5.42. The molecule has 0 aromatic carbocycles.